The molecule has 2 saturated heterocycles. The third-order valence-electron chi connectivity index (χ3n) is 6.75. The fraction of sp³-hybridized carbons (Fsp3) is 0.480. The van der Waals surface area contributed by atoms with E-state index in [1.54, 1.807) is 7.11 Å². The summed E-state index contributed by atoms with van der Waals surface area (Å²) in [5.74, 6) is 1.78. The molecule has 0 aromatic heterocycles. The average molecular weight is 393 g/mol. The van der Waals surface area contributed by atoms with Gasteiger partial charge in [-0.05, 0) is 75.4 Å². The number of hydrogen-bond acceptors (Lipinski definition) is 3. The number of nitrogens with zero attached hydrogens (tertiary/aromatic N) is 2. The first-order valence-corrected chi connectivity index (χ1v) is 10.9. The van der Waals surface area contributed by atoms with Gasteiger partial charge in [0.15, 0.2) is 0 Å². The molecule has 154 valence electrons. The highest BCUT2D eigenvalue weighted by Gasteiger charge is 2.34. The second kappa shape index (κ2) is 9.00. The van der Waals surface area contributed by atoms with Crippen LogP contribution in [0.1, 0.15) is 54.4 Å². The first-order chi connectivity index (χ1) is 14.2. The Morgan fingerprint density at radius 2 is 1.62 bits per heavy atom. The van der Waals surface area contributed by atoms with E-state index in [4.69, 9.17) is 4.74 Å². The quantitative estimate of drug-likeness (QED) is 0.764. The Morgan fingerprint density at radius 1 is 0.931 bits per heavy atom. The van der Waals surface area contributed by atoms with Crippen LogP contribution in [0.5, 0.6) is 5.75 Å². The Bertz CT molecular complexity index is 815. The summed E-state index contributed by atoms with van der Waals surface area (Å²) in [6, 6.07) is 19.0. The highest BCUT2D eigenvalue weighted by atomic mass is 16.5. The zero-order chi connectivity index (χ0) is 20.2. The highest BCUT2D eigenvalue weighted by Crippen LogP contribution is 2.35. The Hall–Kier alpha value is -2.33. The molecule has 0 bridgehead atoms. The molecule has 2 aliphatic heterocycles. The van der Waals surface area contributed by atoms with Crippen molar-refractivity contribution in [2.75, 3.05) is 26.7 Å². The molecule has 4 nitrogen and oxygen atoms in total. The van der Waals surface area contributed by atoms with Gasteiger partial charge in [-0.25, -0.2) is 0 Å². The number of likely N-dealkylation sites (tertiary alicyclic amines) is 2. The van der Waals surface area contributed by atoms with Gasteiger partial charge in [-0.2, -0.15) is 0 Å². The van der Waals surface area contributed by atoms with Gasteiger partial charge >= 0.3 is 0 Å². The lowest BCUT2D eigenvalue weighted by molar-refractivity contribution is 0.0418. The van der Waals surface area contributed by atoms with Gasteiger partial charge in [0.1, 0.15) is 5.75 Å². The largest absolute Gasteiger partial charge is 0.496 e. The number of methoxy groups -OCH3 is 1. The van der Waals surface area contributed by atoms with Crippen LogP contribution in [0, 0.1) is 0 Å². The zero-order valence-corrected chi connectivity index (χ0v) is 17.6. The van der Waals surface area contributed by atoms with Gasteiger partial charge in [0.25, 0.3) is 5.91 Å². The van der Waals surface area contributed by atoms with Crippen LogP contribution in [0.3, 0.4) is 0 Å². The summed E-state index contributed by atoms with van der Waals surface area (Å²) in [7, 11) is 1.76. The first kappa shape index (κ1) is 20.0. The third kappa shape index (κ3) is 4.32. The summed E-state index contributed by atoms with van der Waals surface area (Å²) in [4.78, 5) is 17.6. The molecule has 2 heterocycles. The summed E-state index contributed by atoms with van der Waals surface area (Å²) < 4.78 is 5.58. The molecule has 2 aromatic rings. The summed E-state index contributed by atoms with van der Waals surface area (Å²) in [6.07, 6.45) is 4.50. The van der Waals surface area contributed by atoms with Crippen molar-refractivity contribution in [3.8, 4) is 5.75 Å². The summed E-state index contributed by atoms with van der Waals surface area (Å²) >= 11 is 0. The number of ether oxygens (including phenoxy) is 1. The molecular weight excluding hydrogens is 360 g/mol. The van der Waals surface area contributed by atoms with Gasteiger partial charge in [0.2, 0.25) is 0 Å². The number of piperidine rings is 2. The average Bonchev–Trinajstić information content (AvgIpc) is 2.79. The highest BCUT2D eigenvalue weighted by molar-refractivity contribution is 5.94. The molecule has 2 fully saturated rings. The maximum absolute atomic E-state index is 12.9. The molecule has 29 heavy (non-hydrogen) atoms. The van der Waals surface area contributed by atoms with Crippen molar-refractivity contribution in [2.24, 2.45) is 0 Å². The van der Waals surface area contributed by atoms with Crippen LogP contribution in [0.15, 0.2) is 54.6 Å². The topological polar surface area (TPSA) is 32.8 Å². The number of amides is 1. The molecule has 2 atom stereocenters. The van der Waals surface area contributed by atoms with Crippen molar-refractivity contribution >= 4 is 5.91 Å². The number of rotatable bonds is 4. The Kier molecular flexibility index (Phi) is 6.19. The fourth-order valence-corrected chi connectivity index (χ4v) is 5.11. The molecule has 0 radical (unpaired) electrons. The molecular formula is C25H32N2O2. The van der Waals surface area contributed by atoms with Crippen molar-refractivity contribution in [2.45, 2.75) is 50.6 Å². The predicted octanol–water partition coefficient (Wildman–Crippen LogP) is 4.57. The van der Waals surface area contributed by atoms with Crippen LogP contribution in [0.2, 0.25) is 0 Å². The van der Waals surface area contributed by atoms with E-state index in [1.807, 2.05) is 36.4 Å². The Balaban J connectivity index is 1.33. The van der Waals surface area contributed by atoms with Gasteiger partial charge in [0, 0.05) is 24.2 Å². The number of benzene rings is 2. The van der Waals surface area contributed by atoms with Gasteiger partial charge < -0.3 is 14.5 Å². The minimum absolute atomic E-state index is 0.173. The van der Waals surface area contributed by atoms with Crippen molar-refractivity contribution < 1.29 is 9.53 Å². The van der Waals surface area contributed by atoms with E-state index in [9.17, 15) is 4.79 Å². The van der Waals surface area contributed by atoms with E-state index in [2.05, 4.69) is 34.9 Å². The van der Waals surface area contributed by atoms with E-state index in [0.29, 0.717) is 12.0 Å². The van der Waals surface area contributed by atoms with Gasteiger partial charge in [-0.3, -0.25) is 4.79 Å². The second-order valence-electron chi connectivity index (χ2n) is 8.44. The van der Waals surface area contributed by atoms with E-state index in [0.717, 1.165) is 43.8 Å². The standard InChI is InChI=1S/C25H32N2O2/c1-19-18-22(14-17-27(19)25(28)21-8-4-3-5-9-21)26-15-12-20(13-16-26)23-10-6-7-11-24(23)29-2/h3-11,19-20,22H,12-18H2,1-2H3. The lowest BCUT2D eigenvalue weighted by Gasteiger charge is -2.44. The molecule has 4 rings (SSSR count). The van der Waals surface area contributed by atoms with E-state index >= 15 is 0 Å². The molecule has 2 aliphatic rings. The lowest BCUT2D eigenvalue weighted by atomic mass is 9.86. The molecule has 0 aliphatic carbocycles. The molecule has 2 aromatic carbocycles. The van der Waals surface area contributed by atoms with E-state index in [-0.39, 0.29) is 11.9 Å². The first-order valence-electron chi connectivity index (χ1n) is 10.9. The van der Waals surface area contributed by atoms with Crippen molar-refractivity contribution in [1.82, 2.24) is 9.80 Å². The van der Waals surface area contributed by atoms with Crippen molar-refractivity contribution in [3.63, 3.8) is 0 Å². The van der Waals surface area contributed by atoms with Crippen LogP contribution in [0.25, 0.3) is 0 Å². The fourth-order valence-electron chi connectivity index (χ4n) is 5.11. The van der Waals surface area contributed by atoms with Gasteiger partial charge in [0.05, 0.1) is 7.11 Å². The van der Waals surface area contributed by atoms with Crippen molar-refractivity contribution in [1.29, 1.82) is 0 Å². The van der Waals surface area contributed by atoms with Gasteiger partial charge in [-0.15, -0.1) is 0 Å². The summed E-state index contributed by atoms with van der Waals surface area (Å²) in [5.41, 5.74) is 2.15. The maximum atomic E-state index is 12.9. The van der Waals surface area contributed by atoms with Gasteiger partial charge in [-0.1, -0.05) is 36.4 Å². The van der Waals surface area contributed by atoms with E-state index in [1.165, 1.54) is 18.4 Å². The minimum Gasteiger partial charge on any atom is -0.496 e. The smallest absolute Gasteiger partial charge is 0.254 e. The number of hydrogen-bond donors (Lipinski definition) is 0. The number of para-hydroxylation sites is 1. The molecule has 0 spiro atoms. The van der Waals surface area contributed by atoms with Crippen LogP contribution < -0.4 is 4.74 Å². The van der Waals surface area contributed by atoms with E-state index < -0.39 is 0 Å². The monoisotopic (exact) mass is 392 g/mol. The van der Waals surface area contributed by atoms with Crippen LogP contribution in [-0.4, -0.2) is 54.5 Å². The van der Waals surface area contributed by atoms with Crippen LogP contribution >= 0.6 is 0 Å². The Morgan fingerprint density at radius 3 is 2.31 bits per heavy atom. The number of carbonyl (C=O) groups is 1. The molecule has 2 unspecified atom stereocenters. The zero-order valence-electron chi connectivity index (χ0n) is 17.6. The molecule has 0 saturated carbocycles. The number of carbonyl (C=O) groups excluding carboxylic acids is 1. The van der Waals surface area contributed by atoms with Crippen LogP contribution in [-0.2, 0) is 0 Å². The van der Waals surface area contributed by atoms with Crippen LogP contribution in [0.4, 0.5) is 0 Å². The summed E-state index contributed by atoms with van der Waals surface area (Å²) in [5, 5.41) is 0. The SMILES string of the molecule is COc1ccccc1C1CCN(C2CCN(C(=O)c3ccccc3)C(C)C2)CC1. The lowest BCUT2D eigenvalue weighted by Crippen LogP contribution is -2.52. The molecule has 0 N–H and O–H groups in total. The van der Waals surface area contributed by atoms with Crippen molar-refractivity contribution in [3.05, 3.63) is 65.7 Å². The maximum Gasteiger partial charge on any atom is 0.254 e. The third-order valence-corrected chi connectivity index (χ3v) is 6.75. The summed E-state index contributed by atoms with van der Waals surface area (Å²) in [6.45, 7) is 5.32. The normalized spacial score (nSPS) is 23.7. The molecule has 1 amide bonds. The minimum atomic E-state index is 0.173. The molecule has 4 heteroatoms. The predicted molar refractivity (Wildman–Crippen MR) is 117 cm³/mol. The second-order valence-corrected chi connectivity index (χ2v) is 8.44. The Labute approximate surface area is 174 Å².